The molecule has 0 heterocycles. The molecule has 3 N–H and O–H groups in total. The zero-order valence-corrected chi connectivity index (χ0v) is 40.1. The zero-order chi connectivity index (χ0) is 43.8. The first-order valence-electron chi connectivity index (χ1n) is 26.2. The van der Waals surface area contributed by atoms with Crippen molar-refractivity contribution in [3.05, 3.63) is 36.5 Å². The Balaban J connectivity index is 4.52. The SMILES string of the molecule is CC/C=C/C/C=C/C/C=C/CCCCC(CC(=O)NC(CO)C(O)CCCCCCCCCCCCC)OC(=O)CCCCCCCCCCCCCCCCCCCC. The monoisotopic (exact) mass is 844 g/mol. The van der Waals surface area contributed by atoms with Gasteiger partial charge in [0.25, 0.3) is 0 Å². The molecule has 0 radical (unpaired) electrons. The quantitative estimate of drug-likeness (QED) is 0.0322. The normalized spacial score (nSPS) is 13.5. The molecule has 0 fully saturated rings. The van der Waals surface area contributed by atoms with Crippen LogP contribution in [0.3, 0.4) is 0 Å². The fourth-order valence-corrected chi connectivity index (χ4v) is 8.03. The summed E-state index contributed by atoms with van der Waals surface area (Å²) in [7, 11) is 0. The van der Waals surface area contributed by atoms with Crippen molar-refractivity contribution in [3.8, 4) is 0 Å². The maximum Gasteiger partial charge on any atom is 0.306 e. The van der Waals surface area contributed by atoms with E-state index in [4.69, 9.17) is 4.74 Å². The molecule has 6 nitrogen and oxygen atoms in total. The average Bonchev–Trinajstić information content (AvgIpc) is 3.24. The minimum absolute atomic E-state index is 0.0552. The van der Waals surface area contributed by atoms with Crippen molar-refractivity contribution < 1.29 is 24.5 Å². The van der Waals surface area contributed by atoms with Crippen LogP contribution < -0.4 is 5.32 Å². The smallest absolute Gasteiger partial charge is 0.306 e. The zero-order valence-electron chi connectivity index (χ0n) is 40.1. The molecule has 0 bridgehead atoms. The fraction of sp³-hybridized carbons (Fsp3) is 0.852. The Labute approximate surface area is 373 Å². The summed E-state index contributed by atoms with van der Waals surface area (Å²) in [5, 5.41) is 23.7. The predicted molar refractivity (Wildman–Crippen MR) is 259 cm³/mol. The van der Waals surface area contributed by atoms with Crippen LogP contribution in [0.2, 0.25) is 0 Å². The van der Waals surface area contributed by atoms with E-state index in [9.17, 15) is 19.8 Å². The molecule has 60 heavy (non-hydrogen) atoms. The van der Waals surface area contributed by atoms with Crippen LogP contribution in [0.5, 0.6) is 0 Å². The summed E-state index contributed by atoms with van der Waals surface area (Å²) in [5.41, 5.74) is 0. The number of rotatable bonds is 47. The van der Waals surface area contributed by atoms with Crippen molar-refractivity contribution in [3.63, 3.8) is 0 Å². The summed E-state index contributed by atoms with van der Waals surface area (Å²) in [6.45, 7) is 6.37. The largest absolute Gasteiger partial charge is 0.462 e. The van der Waals surface area contributed by atoms with E-state index in [1.54, 1.807) is 0 Å². The van der Waals surface area contributed by atoms with E-state index >= 15 is 0 Å². The molecule has 0 aromatic rings. The first-order chi connectivity index (χ1) is 29.5. The number of carbonyl (C=O) groups is 2. The maximum absolute atomic E-state index is 13.2. The number of amides is 1. The number of hydrogen-bond acceptors (Lipinski definition) is 5. The van der Waals surface area contributed by atoms with Crippen LogP contribution in [0, 0.1) is 0 Å². The summed E-state index contributed by atoms with van der Waals surface area (Å²) >= 11 is 0. The van der Waals surface area contributed by atoms with E-state index < -0.39 is 18.2 Å². The Hall–Kier alpha value is -1.92. The molecule has 3 atom stereocenters. The molecule has 1 amide bonds. The Morgan fingerprint density at radius 3 is 1.35 bits per heavy atom. The number of esters is 1. The van der Waals surface area contributed by atoms with Gasteiger partial charge in [-0.2, -0.15) is 0 Å². The molecule has 0 aromatic carbocycles. The van der Waals surface area contributed by atoms with Gasteiger partial charge in [0, 0.05) is 6.42 Å². The van der Waals surface area contributed by atoms with Gasteiger partial charge in [0.15, 0.2) is 0 Å². The molecule has 0 aliphatic heterocycles. The number of nitrogens with one attached hydrogen (secondary N) is 1. The number of carbonyl (C=O) groups excluding carboxylic acids is 2. The van der Waals surface area contributed by atoms with Crippen LogP contribution in [0.15, 0.2) is 36.5 Å². The third-order valence-corrected chi connectivity index (χ3v) is 12.0. The summed E-state index contributed by atoms with van der Waals surface area (Å²) < 4.78 is 5.92. The number of ether oxygens (including phenoxy) is 1. The van der Waals surface area contributed by atoms with Gasteiger partial charge in [0.05, 0.1) is 25.2 Å². The van der Waals surface area contributed by atoms with E-state index in [0.717, 1.165) is 77.0 Å². The van der Waals surface area contributed by atoms with Crippen molar-refractivity contribution in [1.29, 1.82) is 0 Å². The predicted octanol–water partition coefficient (Wildman–Crippen LogP) is 15.7. The van der Waals surface area contributed by atoms with Gasteiger partial charge in [-0.15, -0.1) is 0 Å². The minimum atomic E-state index is -0.794. The molecule has 0 rings (SSSR count). The Morgan fingerprint density at radius 1 is 0.500 bits per heavy atom. The van der Waals surface area contributed by atoms with Gasteiger partial charge in [-0.1, -0.05) is 237 Å². The highest BCUT2D eigenvalue weighted by Gasteiger charge is 2.24. The molecular weight excluding hydrogens is 743 g/mol. The fourth-order valence-electron chi connectivity index (χ4n) is 8.03. The van der Waals surface area contributed by atoms with Crippen LogP contribution in [0.25, 0.3) is 0 Å². The van der Waals surface area contributed by atoms with E-state index in [-0.39, 0.29) is 24.9 Å². The number of aliphatic hydroxyl groups is 2. The lowest BCUT2D eigenvalue weighted by Gasteiger charge is -2.24. The maximum atomic E-state index is 13.2. The van der Waals surface area contributed by atoms with Crippen LogP contribution in [0.4, 0.5) is 0 Å². The van der Waals surface area contributed by atoms with Crippen molar-refractivity contribution >= 4 is 11.9 Å². The molecule has 0 saturated carbocycles. The first-order valence-corrected chi connectivity index (χ1v) is 26.2. The van der Waals surface area contributed by atoms with Gasteiger partial charge < -0.3 is 20.3 Å². The molecule has 0 aliphatic rings. The van der Waals surface area contributed by atoms with Crippen LogP contribution in [-0.2, 0) is 14.3 Å². The van der Waals surface area contributed by atoms with Gasteiger partial charge in [0.1, 0.15) is 6.10 Å². The van der Waals surface area contributed by atoms with Crippen LogP contribution in [0.1, 0.15) is 271 Å². The third kappa shape index (κ3) is 42.8. The Morgan fingerprint density at radius 2 is 0.900 bits per heavy atom. The number of allylic oxidation sites excluding steroid dienone is 6. The lowest BCUT2D eigenvalue weighted by atomic mass is 10.0. The van der Waals surface area contributed by atoms with Crippen molar-refractivity contribution in [2.75, 3.05) is 6.61 Å². The number of hydrogen-bond donors (Lipinski definition) is 3. The summed E-state index contributed by atoms with van der Waals surface area (Å²) in [6, 6.07) is -0.710. The van der Waals surface area contributed by atoms with Gasteiger partial charge in [-0.05, 0) is 57.8 Å². The molecule has 6 heteroatoms. The highest BCUT2D eigenvalue weighted by atomic mass is 16.5. The van der Waals surface area contributed by atoms with Crippen molar-refractivity contribution in [2.45, 2.75) is 289 Å². The van der Waals surface area contributed by atoms with E-state index in [2.05, 4.69) is 62.5 Å². The van der Waals surface area contributed by atoms with Crippen LogP contribution >= 0.6 is 0 Å². The van der Waals surface area contributed by atoms with E-state index in [1.807, 2.05) is 0 Å². The molecule has 3 unspecified atom stereocenters. The van der Waals surface area contributed by atoms with Gasteiger partial charge in [-0.25, -0.2) is 0 Å². The number of unbranched alkanes of at least 4 members (excludes halogenated alkanes) is 29. The molecule has 0 aliphatic carbocycles. The second kappa shape index (κ2) is 48.1. The standard InChI is InChI=1S/C54H101NO5/c1-4-7-10-13-16-19-22-24-25-26-27-28-29-32-35-38-41-44-47-54(59)60-50(45-42-39-36-33-31-23-20-17-14-11-8-5-2)48-53(58)55-51(49-56)52(57)46-43-40-37-34-30-21-18-15-12-9-6-3/h8,11,17,20,31,33,50-52,56-57H,4-7,9-10,12-16,18-19,21-30,32,34-49H2,1-3H3,(H,55,58)/b11-8+,20-17+,33-31+. The molecule has 0 spiro atoms. The highest BCUT2D eigenvalue weighted by molar-refractivity contribution is 5.77. The molecular formula is C54H101NO5. The summed E-state index contributed by atoms with van der Waals surface area (Å²) in [6.07, 6.45) is 56.4. The summed E-state index contributed by atoms with van der Waals surface area (Å²) in [5.74, 6) is -0.501. The van der Waals surface area contributed by atoms with E-state index in [0.29, 0.717) is 19.3 Å². The van der Waals surface area contributed by atoms with E-state index in [1.165, 1.54) is 148 Å². The second-order valence-electron chi connectivity index (χ2n) is 17.9. The molecule has 0 aromatic heterocycles. The first kappa shape index (κ1) is 58.1. The third-order valence-electron chi connectivity index (χ3n) is 12.0. The number of aliphatic hydroxyl groups excluding tert-OH is 2. The topological polar surface area (TPSA) is 95.9 Å². The average molecular weight is 844 g/mol. The summed E-state index contributed by atoms with van der Waals surface area (Å²) in [4.78, 5) is 26.1. The van der Waals surface area contributed by atoms with Gasteiger partial charge in [-0.3, -0.25) is 9.59 Å². The van der Waals surface area contributed by atoms with Crippen molar-refractivity contribution in [1.82, 2.24) is 5.32 Å². The van der Waals surface area contributed by atoms with Gasteiger partial charge in [0.2, 0.25) is 5.91 Å². The van der Waals surface area contributed by atoms with Crippen molar-refractivity contribution in [2.24, 2.45) is 0 Å². The highest BCUT2D eigenvalue weighted by Crippen LogP contribution is 2.18. The lowest BCUT2D eigenvalue weighted by molar-refractivity contribution is -0.151. The molecule has 352 valence electrons. The Kier molecular flexibility index (Phi) is 46.6. The lowest BCUT2D eigenvalue weighted by Crippen LogP contribution is -2.46. The second-order valence-corrected chi connectivity index (χ2v) is 17.9. The van der Waals surface area contributed by atoms with Crippen LogP contribution in [-0.4, -0.2) is 46.9 Å². The Bertz CT molecular complexity index is 993. The van der Waals surface area contributed by atoms with Gasteiger partial charge >= 0.3 is 5.97 Å². The molecule has 0 saturated heterocycles. The minimum Gasteiger partial charge on any atom is -0.462 e.